The maximum Gasteiger partial charge on any atom is 0.311 e. The number of carbonyl (C=O) groups is 4. The highest BCUT2D eigenvalue weighted by molar-refractivity contribution is 6.00. The van der Waals surface area contributed by atoms with E-state index in [1.165, 1.54) is 0 Å². The second-order valence-corrected chi connectivity index (χ2v) is 10.9. The van der Waals surface area contributed by atoms with Gasteiger partial charge in [-0.15, -0.1) is 0 Å². The highest BCUT2D eigenvalue weighted by atomic mass is 16.5. The number of nitrogens with one attached hydrogen (secondary N) is 1. The van der Waals surface area contributed by atoms with Gasteiger partial charge < -0.3 is 14.5 Å². The number of amides is 3. The topological polar surface area (TPSA) is 109 Å². The predicted octanol–water partition coefficient (Wildman–Crippen LogP) is 3.19. The molecule has 3 aliphatic rings. The number of aromatic nitrogens is 1. The summed E-state index contributed by atoms with van der Waals surface area (Å²) in [5, 5.41) is 2.40. The second-order valence-electron chi connectivity index (χ2n) is 10.9. The van der Waals surface area contributed by atoms with E-state index in [4.69, 9.17) is 4.74 Å². The van der Waals surface area contributed by atoms with Crippen LogP contribution in [0.2, 0.25) is 0 Å². The van der Waals surface area contributed by atoms with Gasteiger partial charge in [0.25, 0.3) is 0 Å². The third kappa shape index (κ3) is 6.29. The van der Waals surface area contributed by atoms with Crippen LogP contribution in [-0.4, -0.2) is 59.8 Å². The Morgan fingerprint density at radius 3 is 2.46 bits per heavy atom. The molecule has 1 aromatic heterocycles. The number of likely N-dealkylation sites (tertiary alicyclic amines) is 1. The molecule has 1 saturated carbocycles. The van der Waals surface area contributed by atoms with Crippen LogP contribution in [0.5, 0.6) is 0 Å². The van der Waals surface area contributed by atoms with E-state index in [1.807, 2.05) is 54.4 Å². The molecule has 1 aliphatic carbocycles. The van der Waals surface area contributed by atoms with Gasteiger partial charge in [0.05, 0.1) is 11.8 Å². The summed E-state index contributed by atoms with van der Waals surface area (Å²) >= 11 is 0. The van der Waals surface area contributed by atoms with Gasteiger partial charge in [0.15, 0.2) is 0 Å². The number of benzene rings is 1. The van der Waals surface area contributed by atoms with Crippen molar-refractivity contribution >= 4 is 29.5 Å². The van der Waals surface area contributed by atoms with E-state index in [0.717, 1.165) is 42.6 Å². The lowest BCUT2D eigenvalue weighted by Gasteiger charge is -2.36. The number of anilines is 1. The molecule has 0 spiro atoms. The zero-order valence-corrected chi connectivity index (χ0v) is 22.4. The monoisotopic (exact) mass is 532 g/mol. The van der Waals surface area contributed by atoms with Gasteiger partial charge in [0.1, 0.15) is 12.4 Å². The molecule has 2 aliphatic heterocycles. The number of ether oxygens (including phenoxy) is 1. The molecule has 3 heterocycles. The minimum Gasteiger partial charge on any atom is -0.461 e. The highest BCUT2D eigenvalue weighted by Crippen LogP contribution is 2.32. The van der Waals surface area contributed by atoms with Gasteiger partial charge in [-0.05, 0) is 55.7 Å². The van der Waals surface area contributed by atoms with Gasteiger partial charge in [0.2, 0.25) is 17.7 Å². The number of esters is 1. The molecule has 39 heavy (non-hydrogen) atoms. The molecule has 9 heteroatoms. The normalized spacial score (nSPS) is 25.2. The molecule has 1 unspecified atom stereocenters. The molecule has 0 radical (unpaired) electrons. The van der Waals surface area contributed by atoms with Crippen LogP contribution < -0.4 is 10.2 Å². The lowest BCUT2D eigenvalue weighted by atomic mass is 9.84. The molecule has 2 aromatic rings. The Morgan fingerprint density at radius 1 is 1.00 bits per heavy atom. The van der Waals surface area contributed by atoms with Crippen LogP contribution in [0, 0.1) is 11.8 Å². The van der Waals surface area contributed by atoms with Crippen molar-refractivity contribution in [2.24, 2.45) is 11.8 Å². The van der Waals surface area contributed by atoms with E-state index >= 15 is 0 Å². The molecule has 0 bridgehead atoms. The first-order chi connectivity index (χ1) is 18.9. The maximum atomic E-state index is 13.2. The Bertz CT molecular complexity index is 1190. The summed E-state index contributed by atoms with van der Waals surface area (Å²) in [4.78, 5) is 58.0. The Morgan fingerprint density at radius 2 is 1.77 bits per heavy atom. The average molecular weight is 533 g/mol. The van der Waals surface area contributed by atoms with Crippen molar-refractivity contribution < 1.29 is 23.9 Å². The number of pyridine rings is 1. The fraction of sp³-hybridized carbons (Fsp3) is 0.500. The van der Waals surface area contributed by atoms with Crippen molar-refractivity contribution in [3.63, 3.8) is 0 Å². The molecule has 3 fully saturated rings. The summed E-state index contributed by atoms with van der Waals surface area (Å²) in [6.07, 6.45) is 6.62. The van der Waals surface area contributed by atoms with Gasteiger partial charge in [0, 0.05) is 44.7 Å². The number of piperidine rings is 1. The van der Waals surface area contributed by atoms with Crippen molar-refractivity contribution in [3.05, 3.63) is 59.8 Å². The van der Waals surface area contributed by atoms with Crippen LogP contribution in [0.4, 0.5) is 5.82 Å². The largest absolute Gasteiger partial charge is 0.461 e. The molecule has 1 aromatic carbocycles. The standard InChI is InChI=1S/C30H36N4O5/c1-33(26-13-9-22(17-31-26)25-12-14-27(35)32-28(25)36)24-10-7-21(8-11-24)29(37)34-16-15-23(18-34)30(38)39-19-20-5-3-2-4-6-20/h2-6,9,13,17,21,23-25H,7-8,10-12,14-16,18-19H2,1H3,(H,32,35,36)/t21-,23-,24-,25?/m1/s1. The quantitative estimate of drug-likeness (QED) is 0.431. The van der Waals surface area contributed by atoms with Crippen LogP contribution in [0.15, 0.2) is 48.7 Å². The van der Waals surface area contributed by atoms with Gasteiger partial charge in [-0.2, -0.15) is 0 Å². The van der Waals surface area contributed by atoms with Crippen LogP contribution in [-0.2, 0) is 30.5 Å². The molecule has 9 nitrogen and oxygen atoms in total. The highest BCUT2D eigenvalue weighted by Gasteiger charge is 2.37. The van der Waals surface area contributed by atoms with Gasteiger partial charge in [-0.1, -0.05) is 36.4 Å². The van der Waals surface area contributed by atoms with Crippen LogP contribution >= 0.6 is 0 Å². The first kappa shape index (κ1) is 26.8. The lowest BCUT2D eigenvalue weighted by molar-refractivity contribution is -0.149. The van der Waals surface area contributed by atoms with Gasteiger partial charge in [-0.25, -0.2) is 4.98 Å². The summed E-state index contributed by atoms with van der Waals surface area (Å²) in [6.45, 7) is 1.30. The fourth-order valence-corrected chi connectivity index (χ4v) is 5.98. The summed E-state index contributed by atoms with van der Waals surface area (Å²) in [7, 11) is 2.02. The predicted molar refractivity (Wildman–Crippen MR) is 144 cm³/mol. The molecular formula is C30H36N4O5. The van der Waals surface area contributed by atoms with Crippen LogP contribution in [0.3, 0.4) is 0 Å². The lowest BCUT2D eigenvalue weighted by Crippen LogP contribution is -2.41. The summed E-state index contributed by atoms with van der Waals surface area (Å²) in [6, 6.07) is 13.7. The van der Waals surface area contributed by atoms with E-state index in [-0.39, 0.29) is 54.1 Å². The van der Waals surface area contributed by atoms with Crippen molar-refractivity contribution in [2.75, 3.05) is 25.0 Å². The Balaban J connectivity index is 1.08. The van der Waals surface area contributed by atoms with Crippen molar-refractivity contribution in [3.8, 4) is 0 Å². The second kappa shape index (κ2) is 12.0. The first-order valence-corrected chi connectivity index (χ1v) is 13.9. The fourth-order valence-electron chi connectivity index (χ4n) is 5.98. The van der Waals surface area contributed by atoms with Crippen molar-refractivity contribution in [1.82, 2.24) is 15.2 Å². The minimum absolute atomic E-state index is 0.0170. The number of hydrogen-bond donors (Lipinski definition) is 1. The Labute approximate surface area is 228 Å². The Hall–Kier alpha value is -3.75. The van der Waals surface area contributed by atoms with E-state index in [1.54, 1.807) is 6.20 Å². The average Bonchev–Trinajstić information content (AvgIpc) is 3.47. The van der Waals surface area contributed by atoms with E-state index in [9.17, 15) is 19.2 Å². The molecular weight excluding hydrogens is 496 g/mol. The Kier molecular flexibility index (Phi) is 8.24. The van der Waals surface area contributed by atoms with Crippen LogP contribution in [0.1, 0.15) is 62.0 Å². The number of rotatable bonds is 7. The van der Waals surface area contributed by atoms with E-state index < -0.39 is 0 Å². The smallest absolute Gasteiger partial charge is 0.311 e. The minimum atomic E-state index is -0.341. The molecule has 2 saturated heterocycles. The molecule has 2 atom stereocenters. The first-order valence-electron chi connectivity index (χ1n) is 13.9. The number of nitrogens with zero attached hydrogens (tertiary/aromatic N) is 3. The maximum absolute atomic E-state index is 13.2. The van der Waals surface area contributed by atoms with Crippen molar-refractivity contribution in [2.45, 2.75) is 63.5 Å². The zero-order valence-electron chi connectivity index (χ0n) is 22.4. The van der Waals surface area contributed by atoms with Gasteiger partial charge >= 0.3 is 5.97 Å². The molecule has 3 amide bonds. The SMILES string of the molecule is CN(c1ccc(C2CCC(=O)NC2=O)cn1)[C@H]1CC[C@H](C(=O)N2CC[C@@H](C(=O)OCc3ccccc3)C2)CC1. The number of hydrogen-bond acceptors (Lipinski definition) is 7. The summed E-state index contributed by atoms with van der Waals surface area (Å²) < 4.78 is 5.50. The zero-order chi connectivity index (χ0) is 27.4. The van der Waals surface area contributed by atoms with Gasteiger partial charge in [-0.3, -0.25) is 24.5 Å². The number of carbonyl (C=O) groups excluding carboxylic acids is 4. The molecule has 5 rings (SSSR count). The number of imide groups is 1. The third-order valence-corrected chi connectivity index (χ3v) is 8.42. The van der Waals surface area contributed by atoms with Crippen molar-refractivity contribution in [1.29, 1.82) is 0 Å². The summed E-state index contributed by atoms with van der Waals surface area (Å²) in [5.74, 6) is -0.335. The van der Waals surface area contributed by atoms with E-state index in [2.05, 4.69) is 15.2 Å². The molecule has 206 valence electrons. The third-order valence-electron chi connectivity index (χ3n) is 8.42. The summed E-state index contributed by atoms with van der Waals surface area (Å²) in [5.41, 5.74) is 1.78. The molecule has 1 N–H and O–H groups in total. The van der Waals surface area contributed by atoms with Crippen LogP contribution in [0.25, 0.3) is 0 Å². The van der Waals surface area contributed by atoms with E-state index in [0.29, 0.717) is 32.4 Å².